The minimum Gasteiger partial charge on any atom is -0.391 e. The van der Waals surface area contributed by atoms with Gasteiger partial charge in [-0.1, -0.05) is 0 Å². The predicted molar refractivity (Wildman–Crippen MR) is 70.7 cm³/mol. The molecular weight excluding hydrogens is 252 g/mol. The number of carbonyl (C=O) groups excluding carboxylic acids is 2. The monoisotopic (exact) mass is 274 g/mol. The number of primary amides is 1. The van der Waals surface area contributed by atoms with Gasteiger partial charge in [-0.2, -0.15) is 0 Å². The minimum atomic E-state index is -1.11. The summed E-state index contributed by atoms with van der Waals surface area (Å²) in [5.41, 5.74) is 20.9. The van der Waals surface area contributed by atoms with Crippen molar-refractivity contribution in [3.63, 3.8) is 0 Å². The standard InChI is InChI=1S/C10H22N6O3/c1-5(17)7(11)9(19)16-6(8(12)18)3-2-4-15-10(13)14/h5-7,17H,2-4,11H2,1H3,(H2,12,18)(H,16,19)(H4,13,14,15)/t5-,6+,7+/m1/s1. The third-order valence-electron chi connectivity index (χ3n) is 2.43. The normalized spacial score (nSPS) is 15.1. The van der Waals surface area contributed by atoms with Crippen molar-refractivity contribution < 1.29 is 14.7 Å². The lowest BCUT2D eigenvalue weighted by Crippen LogP contribution is -2.53. The Morgan fingerprint density at radius 3 is 2.32 bits per heavy atom. The van der Waals surface area contributed by atoms with Crippen LogP contribution in [0.1, 0.15) is 19.8 Å². The number of aliphatic hydroxyl groups is 1. The molecule has 0 spiro atoms. The van der Waals surface area contributed by atoms with Crippen LogP contribution in [0.3, 0.4) is 0 Å². The zero-order valence-corrected chi connectivity index (χ0v) is 10.9. The molecule has 0 bridgehead atoms. The molecule has 0 fully saturated rings. The van der Waals surface area contributed by atoms with E-state index in [-0.39, 0.29) is 12.4 Å². The summed E-state index contributed by atoms with van der Waals surface area (Å²) in [5.74, 6) is -1.37. The molecular formula is C10H22N6O3. The number of nitrogens with one attached hydrogen (secondary N) is 1. The summed E-state index contributed by atoms with van der Waals surface area (Å²) >= 11 is 0. The molecule has 110 valence electrons. The van der Waals surface area contributed by atoms with Crippen LogP contribution in [0.15, 0.2) is 4.99 Å². The van der Waals surface area contributed by atoms with Gasteiger partial charge in [-0.3, -0.25) is 14.6 Å². The van der Waals surface area contributed by atoms with Crippen molar-refractivity contribution >= 4 is 17.8 Å². The predicted octanol–water partition coefficient (Wildman–Crippen LogP) is -3.28. The second-order valence-electron chi connectivity index (χ2n) is 4.18. The second kappa shape index (κ2) is 8.27. The topological polar surface area (TPSA) is 183 Å². The lowest BCUT2D eigenvalue weighted by Gasteiger charge is -2.19. The molecule has 0 radical (unpaired) electrons. The van der Waals surface area contributed by atoms with E-state index in [0.717, 1.165) is 0 Å². The van der Waals surface area contributed by atoms with Crippen molar-refractivity contribution in [2.45, 2.75) is 38.0 Å². The van der Waals surface area contributed by atoms with Crippen LogP contribution in [0.5, 0.6) is 0 Å². The fourth-order valence-electron chi connectivity index (χ4n) is 1.28. The Bertz CT molecular complexity index is 340. The number of nitrogens with two attached hydrogens (primary N) is 4. The minimum absolute atomic E-state index is 0.0456. The molecule has 0 saturated carbocycles. The van der Waals surface area contributed by atoms with E-state index in [2.05, 4.69) is 10.3 Å². The van der Waals surface area contributed by atoms with Gasteiger partial charge in [-0.15, -0.1) is 0 Å². The van der Waals surface area contributed by atoms with Gasteiger partial charge >= 0.3 is 0 Å². The van der Waals surface area contributed by atoms with Crippen LogP contribution in [0.4, 0.5) is 0 Å². The van der Waals surface area contributed by atoms with E-state index in [9.17, 15) is 14.7 Å². The molecule has 0 aromatic heterocycles. The van der Waals surface area contributed by atoms with Crippen LogP contribution in [0.2, 0.25) is 0 Å². The quantitative estimate of drug-likeness (QED) is 0.153. The maximum atomic E-state index is 11.6. The molecule has 9 nitrogen and oxygen atoms in total. The van der Waals surface area contributed by atoms with Crippen LogP contribution >= 0.6 is 0 Å². The second-order valence-corrected chi connectivity index (χ2v) is 4.18. The lowest BCUT2D eigenvalue weighted by atomic mass is 10.1. The molecule has 0 aromatic rings. The van der Waals surface area contributed by atoms with Crippen molar-refractivity contribution in [3.8, 4) is 0 Å². The van der Waals surface area contributed by atoms with E-state index in [1.165, 1.54) is 6.92 Å². The number of aliphatic imine (C=N–C) groups is 1. The third kappa shape index (κ3) is 7.21. The van der Waals surface area contributed by atoms with Gasteiger partial charge in [0.2, 0.25) is 11.8 Å². The van der Waals surface area contributed by atoms with Crippen molar-refractivity contribution in [2.75, 3.05) is 6.54 Å². The number of hydrogen-bond acceptors (Lipinski definition) is 5. The summed E-state index contributed by atoms with van der Waals surface area (Å²) in [6.07, 6.45) is -0.268. The summed E-state index contributed by atoms with van der Waals surface area (Å²) in [5, 5.41) is 11.5. The van der Waals surface area contributed by atoms with Gasteiger partial charge in [0.1, 0.15) is 12.1 Å². The van der Waals surface area contributed by atoms with Crippen molar-refractivity contribution in [1.82, 2.24) is 5.32 Å². The van der Waals surface area contributed by atoms with Crippen molar-refractivity contribution in [2.24, 2.45) is 27.9 Å². The van der Waals surface area contributed by atoms with E-state index < -0.39 is 30.0 Å². The maximum absolute atomic E-state index is 11.6. The molecule has 0 saturated heterocycles. The molecule has 10 N–H and O–H groups in total. The largest absolute Gasteiger partial charge is 0.391 e. The summed E-state index contributed by atoms with van der Waals surface area (Å²) in [7, 11) is 0. The van der Waals surface area contributed by atoms with Gasteiger partial charge in [0.25, 0.3) is 0 Å². The first kappa shape index (κ1) is 17.1. The van der Waals surface area contributed by atoms with E-state index >= 15 is 0 Å². The van der Waals surface area contributed by atoms with E-state index in [1.54, 1.807) is 0 Å². The smallest absolute Gasteiger partial charge is 0.240 e. The zero-order chi connectivity index (χ0) is 15.0. The zero-order valence-electron chi connectivity index (χ0n) is 10.9. The fourth-order valence-corrected chi connectivity index (χ4v) is 1.28. The van der Waals surface area contributed by atoms with E-state index in [0.29, 0.717) is 13.0 Å². The Hall–Kier alpha value is -1.87. The molecule has 3 atom stereocenters. The van der Waals surface area contributed by atoms with Crippen LogP contribution < -0.4 is 28.3 Å². The summed E-state index contributed by atoms with van der Waals surface area (Å²) in [4.78, 5) is 26.5. The van der Waals surface area contributed by atoms with Crippen LogP contribution in [0, 0.1) is 0 Å². The van der Waals surface area contributed by atoms with Gasteiger partial charge in [-0.25, -0.2) is 0 Å². The molecule has 0 aliphatic heterocycles. The van der Waals surface area contributed by atoms with E-state index in [4.69, 9.17) is 22.9 Å². The molecule has 0 rings (SSSR count). The first-order valence-electron chi connectivity index (χ1n) is 5.84. The maximum Gasteiger partial charge on any atom is 0.240 e. The average Bonchev–Trinajstić information content (AvgIpc) is 2.30. The Labute approximate surface area is 111 Å². The first-order valence-corrected chi connectivity index (χ1v) is 5.84. The van der Waals surface area contributed by atoms with Crippen LogP contribution in [-0.4, -0.2) is 47.6 Å². The molecule has 0 aliphatic carbocycles. The average molecular weight is 274 g/mol. The molecule has 9 heteroatoms. The molecule has 2 amide bonds. The van der Waals surface area contributed by atoms with Crippen LogP contribution in [-0.2, 0) is 9.59 Å². The molecule has 19 heavy (non-hydrogen) atoms. The third-order valence-corrected chi connectivity index (χ3v) is 2.43. The Morgan fingerprint density at radius 1 is 1.32 bits per heavy atom. The Morgan fingerprint density at radius 2 is 1.89 bits per heavy atom. The summed E-state index contributed by atoms with van der Waals surface area (Å²) in [6.45, 7) is 1.70. The summed E-state index contributed by atoms with van der Waals surface area (Å²) < 4.78 is 0. The number of rotatable bonds is 8. The van der Waals surface area contributed by atoms with Crippen LogP contribution in [0.25, 0.3) is 0 Å². The fraction of sp³-hybridized carbons (Fsp3) is 0.700. The van der Waals surface area contributed by atoms with Gasteiger partial charge < -0.3 is 33.4 Å². The van der Waals surface area contributed by atoms with Crippen molar-refractivity contribution in [1.29, 1.82) is 0 Å². The highest BCUT2D eigenvalue weighted by atomic mass is 16.3. The van der Waals surface area contributed by atoms with Gasteiger partial charge in [0.15, 0.2) is 5.96 Å². The van der Waals surface area contributed by atoms with Gasteiger partial charge in [0, 0.05) is 6.54 Å². The number of hydrogen-bond donors (Lipinski definition) is 6. The molecule has 0 aliphatic rings. The number of carbonyl (C=O) groups is 2. The lowest BCUT2D eigenvalue weighted by molar-refractivity contribution is -0.129. The number of aliphatic hydroxyl groups excluding tert-OH is 1. The number of nitrogens with zero attached hydrogens (tertiary/aromatic N) is 1. The molecule has 0 aromatic carbocycles. The Kier molecular flexibility index (Phi) is 7.46. The highest BCUT2D eigenvalue weighted by Gasteiger charge is 2.24. The van der Waals surface area contributed by atoms with Gasteiger partial charge in [-0.05, 0) is 19.8 Å². The summed E-state index contributed by atoms with van der Waals surface area (Å²) in [6, 6.07) is -1.98. The van der Waals surface area contributed by atoms with E-state index in [1.807, 2.05) is 0 Å². The number of amides is 2. The van der Waals surface area contributed by atoms with Gasteiger partial charge in [0.05, 0.1) is 6.10 Å². The highest BCUT2D eigenvalue weighted by molar-refractivity contribution is 5.89. The van der Waals surface area contributed by atoms with Crippen molar-refractivity contribution in [3.05, 3.63) is 0 Å². The number of guanidine groups is 1. The SMILES string of the molecule is C[C@@H](O)[C@H](N)C(=O)N[C@@H](CCCN=C(N)N)C(N)=O. The first-order chi connectivity index (χ1) is 8.75. The molecule has 0 unspecified atom stereocenters. The highest BCUT2D eigenvalue weighted by Crippen LogP contribution is 1.99. The Balaban J connectivity index is 4.31. The molecule has 0 heterocycles.